The van der Waals surface area contributed by atoms with Crippen LogP contribution in [0.4, 0.5) is 0 Å². The Kier molecular flexibility index (Phi) is 7.63. The summed E-state index contributed by atoms with van der Waals surface area (Å²) in [6.07, 6.45) is 8.73. The molecule has 1 rings (SSSR count). The maximum Gasteiger partial charge on any atom is 0.303 e. The van der Waals surface area contributed by atoms with Crippen LogP contribution < -0.4 is 5.32 Å². The van der Waals surface area contributed by atoms with E-state index in [1.807, 2.05) is 6.92 Å². The van der Waals surface area contributed by atoms with E-state index in [2.05, 4.69) is 12.2 Å². The molecule has 2 atom stereocenters. The highest BCUT2D eigenvalue weighted by atomic mass is 16.4. The average Bonchev–Trinajstić information content (AvgIpc) is 2.88. The maximum absolute atomic E-state index is 12.3. The van der Waals surface area contributed by atoms with Crippen LogP contribution >= 0.6 is 0 Å². The van der Waals surface area contributed by atoms with Crippen molar-refractivity contribution >= 4 is 11.9 Å². The van der Waals surface area contributed by atoms with Crippen molar-refractivity contribution in [2.75, 3.05) is 0 Å². The molecule has 0 heterocycles. The van der Waals surface area contributed by atoms with Crippen molar-refractivity contribution in [1.82, 2.24) is 5.32 Å². The Morgan fingerprint density at radius 2 is 1.90 bits per heavy atom. The molecule has 0 bridgehead atoms. The van der Waals surface area contributed by atoms with Gasteiger partial charge in [-0.3, -0.25) is 9.59 Å². The van der Waals surface area contributed by atoms with Gasteiger partial charge in [-0.2, -0.15) is 0 Å². The number of amides is 1. The zero-order valence-corrected chi connectivity index (χ0v) is 12.9. The fourth-order valence-corrected chi connectivity index (χ4v) is 3.13. The predicted molar refractivity (Wildman–Crippen MR) is 79.4 cm³/mol. The summed E-state index contributed by atoms with van der Waals surface area (Å²) in [5.41, 5.74) is 0. The van der Waals surface area contributed by atoms with E-state index >= 15 is 0 Å². The van der Waals surface area contributed by atoms with Gasteiger partial charge in [-0.25, -0.2) is 0 Å². The second kappa shape index (κ2) is 8.98. The van der Waals surface area contributed by atoms with Gasteiger partial charge in [0.15, 0.2) is 0 Å². The second-order valence-electron chi connectivity index (χ2n) is 6.21. The monoisotopic (exact) mass is 283 g/mol. The van der Waals surface area contributed by atoms with E-state index in [1.165, 1.54) is 25.7 Å². The van der Waals surface area contributed by atoms with Crippen LogP contribution in [0.15, 0.2) is 0 Å². The molecule has 0 aromatic carbocycles. The van der Waals surface area contributed by atoms with E-state index in [0.717, 1.165) is 19.3 Å². The molecule has 20 heavy (non-hydrogen) atoms. The van der Waals surface area contributed by atoms with Crippen LogP contribution in [0.2, 0.25) is 0 Å². The quantitative estimate of drug-likeness (QED) is 0.682. The number of hydrogen-bond donors (Lipinski definition) is 2. The van der Waals surface area contributed by atoms with Crippen LogP contribution in [0, 0.1) is 11.8 Å². The van der Waals surface area contributed by atoms with Crippen LogP contribution in [0.25, 0.3) is 0 Å². The van der Waals surface area contributed by atoms with Crippen molar-refractivity contribution in [2.45, 2.75) is 77.7 Å². The Morgan fingerprint density at radius 3 is 2.45 bits per heavy atom. The Labute approximate surface area is 122 Å². The SMILES string of the molecule is CCCC(CC1CCCC1)C(=O)NC(C)CCC(=O)O. The van der Waals surface area contributed by atoms with Gasteiger partial charge in [0.1, 0.15) is 0 Å². The van der Waals surface area contributed by atoms with E-state index in [4.69, 9.17) is 5.11 Å². The van der Waals surface area contributed by atoms with E-state index in [0.29, 0.717) is 12.3 Å². The average molecular weight is 283 g/mol. The first-order valence-corrected chi connectivity index (χ1v) is 8.05. The largest absolute Gasteiger partial charge is 0.481 e. The van der Waals surface area contributed by atoms with Gasteiger partial charge in [0, 0.05) is 18.4 Å². The molecular formula is C16H29NO3. The summed E-state index contributed by atoms with van der Waals surface area (Å²) in [6, 6.07) is -0.0541. The third-order valence-corrected chi connectivity index (χ3v) is 4.28. The van der Waals surface area contributed by atoms with E-state index in [9.17, 15) is 9.59 Å². The lowest BCUT2D eigenvalue weighted by molar-refractivity contribution is -0.137. The standard InChI is InChI=1S/C16H29NO3/c1-3-6-14(11-13-7-4-5-8-13)16(20)17-12(2)9-10-15(18)19/h12-14H,3-11H2,1-2H3,(H,17,20)(H,18,19). The Bertz CT molecular complexity index is 311. The zero-order chi connectivity index (χ0) is 15.0. The molecule has 1 aliphatic rings. The molecule has 2 N–H and O–H groups in total. The van der Waals surface area contributed by atoms with Crippen LogP contribution in [-0.4, -0.2) is 23.0 Å². The maximum atomic E-state index is 12.3. The number of carbonyl (C=O) groups is 2. The summed E-state index contributed by atoms with van der Waals surface area (Å²) in [4.78, 5) is 22.9. The minimum absolute atomic E-state index is 0.0541. The summed E-state index contributed by atoms with van der Waals surface area (Å²) in [5, 5.41) is 11.7. The lowest BCUT2D eigenvalue weighted by Gasteiger charge is -2.22. The lowest BCUT2D eigenvalue weighted by atomic mass is 9.89. The molecule has 1 fully saturated rings. The first-order valence-electron chi connectivity index (χ1n) is 8.05. The molecule has 1 aliphatic carbocycles. The fourth-order valence-electron chi connectivity index (χ4n) is 3.13. The van der Waals surface area contributed by atoms with Gasteiger partial charge in [-0.05, 0) is 32.1 Å². The number of carboxylic acids is 1. The normalized spacial score (nSPS) is 18.7. The molecule has 0 aromatic rings. The van der Waals surface area contributed by atoms with E-state index in [-0.39, 0.29) is 24.3 Å². The van der Waals surface area contributed by atoms with Crippen LogP contribution in [0.5, 0.6) is 0 Å². The van der Waals surface area contributed by atoms with E-state index < -0.39 is 5.97 Å². The summed E-state index contributed by atoms with van der Waals surface area (Å²) in [7, 11) is 0. The highest BCUT2D eigenvalue weighted by Gasteiger charge is 2.25. The molecule has 0 spiro atoms. The molecule has 1 amide bonds. The molecule has 4 heteroatoms. The van der Waals surface area contributed by atoms with Gasteiger partial charge in [0.05, 0.1) is 0 Å². The number of carbonyl (C=O) groups excluding carboxylic acids is 1. The first-order chi connectivity index (χ1) is 9.52. The van der Waals surface area contributed by atoms with Crippen molar-refractivity contribution in [3.63, 3.8) is 0 Å². The van der Waals surface area contributed by atoms with E-state index in [1.54, 1.807) is 0 Å². The van der Waals surface area contributed by atoms with Crippen molar-refractivity contribution in [3.8, 4) is 0 Å². The highest BCUT2D eigenvalue weighted by Crippen LogP contribution is 2.31. The topological polar surface area (TPSA) is 66.4 Å². The van der Waals surface area contributed by atoms with Crippen LogP contribution in [0.1, 0.15) is 71.6 Å². The lowest BCUT2D eigenvalue weighted by Crippen LogP contribution is -2.38. The van der Waals surface area contributed by atoms with Crippen molar-refractivity contribution in [1.29, 1.82) is 0 Å². The zero-order valence-electron chi connectivity index (χ0n) is 12.9. The minimum Gasteiger partial charge on any atom is -0.481 e. The van der Waals surface area contributed by atoms with Crippen molar-refractivity contribution in [3.05, 3.63) is 0 Å². The minimum atomic E-state index is -0.804. The summed E-state index contributed by atoms with van der Waals surface area (Å²) in [5.74, 6) is 0.140. The number of aliphatic carboxylic acids is 1. The number of nitrogens with one attached hydrogen (secondary N) is 1. The van der Waals surface area contributed by atoms with Gasteiger partial charge < -0.3 is 10.4 Å². The Hall–Kier alpha value is -1.06. The summed E-state index contributed by atoms with van der Waals surface area (Å²) < 4.78 is 0. The van der Waals surface area contributed by atoms with Gasteiger partial charge in [-0.1, -0.05) is 39.0 Å². The Morgan fingerprint density at radius 1 is 1.25 bits per heavy atom. The van der Waals surface area contributed by atoms with Gasteiger partial charge in [0.2, 0.25) is 5.91 Å². The summed E-state index contributed by atoms with van der Waals surface area (Å²) in [6.45, 7) is 4.00. The van der Waals surface area contributed by atoms with Crippen LogP contribution in [0.3, 0.4) is 0 Å². The number of hydrogen-bond acceptors (Lipinski definition) is 2. The Balaban J connectivity index is 2.39. The van der Waals surface area contributed by atoms with Crippen molar-refractivity contribution < 1.29 is 14.7 Å². The molecule has 0 saturated heterocycles. The first kappa shape index (κ1) is 17.0. The van der Waals surface area contributed by atoms with Crippen molar-refractivity contribution in [2.24, 2.45) is 11.8 Å². The highest BCUT2D eigenvalue weighted by molar-refractivity contribution is 5.79. The van der Waals surface area contributed by atoms with Gasteiger partial charge in [-0.15, -0.1) is 0 Å². The molecule has 0 radical (unpaired) electrons. The molecule has 0 aliphatic heterocycles. The smallest absolute Gasteiger partial charge is 0.303 e. The molecular weight excluding hydrogens is 254 g/mol. The molecule has 0 aromatic heterocycles. The van der Waals surface area contributed by atoms with Crippen LogP contribution in [-0.2, 0) is 9.59 Å². The summed E-state index contributed by atoms with van der Waals surface area (Å²) >= 11 is 0. The molecule has 116 valence electrons. The fraction of sp³-hybridized carbons (Fsp3) is 0.875. The predicted octanol–water partition coefficient (Wildman–Crippen LogP) is 3.35. The van der Waals surface area contributed by atoms with Gasteiger partial charge >= 0.3 is 5.97 Å². The third-order valence-electron chi connectivity index (χ3n) is 4.28. The molecule has 2 unspecified atom stereocenters. The second-order valence-corrected chi connectivity index (χ2v) is 6.21. The van der Waals surface area contributed by atoms with Gasteiger partial charge in [0.25, 0.3) is 0 Å². The molecule has 4 nitrogen and oxygen atoms in total. The number of rotatable bonds is 9. The number of carboxylic acid groups (broad SMARTS) is 1. The third kappa shape index (κ3) is 6.40. The molecule has 1 saturated carbocycles.